The number of rotatable bonds is 11. The van der Waals surface area contributed by atoms with Crippen molar-refractivity contribution in [2.24, 2.45) is 0 Å². The SMILES string of the molecule is CCOC(=O)Cc1cccc(-c2ccc(CCCc3nn(Cc4ccc(Br)cc4)c(=O)n3CC)cc2)c1. The molecular formula is C30H32BrN3O3. The lowest BCUT2D eigenvalue weighted by atomic mass is 9.99. The number of ether oxygens (including phenoxy) is 1. The summed E-state index contributed by atoms with van der Waals surface area (Å²) in [5.74, 6) is 0.626. The van der Waals surface area contributed by atoms with Gasteiger partial charge in [0, 0.05) is 17.4 Å². The average molecular weight is 563 g/mol. The third kappa shape index (κ3) is 7.07. The van der Waals surface area contributed by atoms with Gasteiger partial charge in [-0.2, -0.15) is 5.10 Å². The van der Waals surface area contributed by atoms with E-state index in [2.05, 4.69) is 51.4 Å². The van der Waals surface area contributed by atoms with Crippen LogP contribution in [0.3, 0.4) is 0 Å². The Kier molecular flexibility index (Phi) is 9.12. The molecule has 37 heavy (non-hydrogen) atoms. The number of aryl methyl sites for hydroxylation is 2. The van der Waals surface area contributed by atoms with Gasteiger partial charge >= 0.3 is 11.7 Å². The van der Waals surface area contributed by atoms with Crippen LogP contribution in [0.4, 0.5) is 0 Å². The molecule has 0 saturated heterocycles. The van der Waals surface area contributed by atoms with Crippen LogP contribution in [0.5, 0.6) is 0 Å². The number of esters is 1. The standard InChI is InChI=1S/C30H32BrN3O3/c1-3-33-28(32-34(30(33)36)21-23-13-17-27(31)18-14-23)10-6-7-22-11-15-25(16-12-22)26-9-5-8-24(19-26)20-29(35)37-4-2/h5,8-9,11-19H,3-4,6-7,10,20-21H2,1-2H3. The summed E-state index contributed by atoms with van der Waals surface area (Å²) in [6.07, 6.45) is 2.83. The van der Waals surface area contributed by atoms with Crippen LogP contribution in [0, 0.1) is 0 Å². The third-order valence-corrected chi connectivity index (χ3v) is 6.82. The Balaban J connectivity index is 1.37. The zero-order valence-corrected chi connectivity index (χ0v) is 22.9. The van der Waals surface area contributed by atoms with Crippen LogP contribution < -0.4 is 5.69 Å². The van der Waals surface area contributed by atoms with Gasteiger partial charge in [-0.3, -0.25) is 9.36 Å². The highest BCUT2D eigenvalue weighted by molar-refractivity contribution is 9.10. The number of carbonyl (C=O) groups excluding carboxylic acids is 1. The van der Waals surface area contributed by atoms with E-state index in [4.69, 9.17) is 4.74 Å². The fourth-order valence-electron chi connectivity index (χ4n) is 4.41. The number of aromatic nitrogens is 3. The number of carbonyl (C=O) groups is 1. The summed E-state index contributed by atoms with van der Waals surface area (Å²) in [7, 11) is 0. The molecule has 4 rings (SSSR count). The fourth-order valence-corrected chi connectivity index (χ4v) is 4.67. The summed E-state index contributed by atoms with van der Waals surface area (Å²) >= 11 is 3.45. The minimum Gasteiger partial charge on any atom is -0.466 e. The van der Waals surface area contributed by atoms with Crippen molar-refractivity contribution in [3.8, 4) is 11.1 Å². The molecule has 0 bridgehead atoms. The smallest absolute Gasteiger partial charge is 0.346 e. The van der Waals surface area contributed by atoms with E-state index in [0.717, 1.165) is 51.8 Å². The minimum atomic E-state index is -0.207. The summed E-state index contributed by atoms with van der Waals surface area (Å²) in [6.45, 7) is 5.27. The first kappa shape index (κ1) is 26.6. The van der Waals surface area contributed by atoms with Gasteiger partial charge in [-0.15, -0.1) is 0 Å². The van der Waals surface area contributed by atoms with E-state index >= 15 is 0 Å². The maximum Gasteiger partial charge on any atom is 0.346 e. The van der Waals surface area contributed by atoms with Gasteiger partial charge in [-0.1, -0.05) is 76.6 Å². The van der Waals surface area contributed by atoms with Crippen molar-refractivity contribution in [2.75, 3.05) is 6.61 Å². The summed E-state index contributed by atoms with van der Waals surface area (Å²) < 4.78 is 9.41. The second-order valence-corrected chi connectivity index (χ2v) is 9.88. The first-order chi connectivity index (χ1) is 18.0. The topological polar surface area (TPSA) is 66.1 Å². The van der Waals surface area contributed by atoms with Gasteiger partial charge in [-0.05, 0) is 66.6 Å². The molecule has 192 valence electrons. The number of benzene rings is 3. The van der Waals surface area contributed by atoms with Gasteiger partial charge in [0.05, 0.1) is 19.6 Å². The zero-order chi connectivity index (χ0) is 26.2. The van der Waals surface area contributed by atoms with Crippen LogP contribution in [-0.4, -0.2) is 26.9 Å². The van der Waals surface area contributed by atoms with Gasteiger partial charge < -0.3 is 4.74 Å². The second kappa shape index (κ2) is 12.7. The Bertz CT molecular complexity index is 1390. The number of nitrogens with zero attached hydrogens (tertiary/aromatic N) is 3. The minimum absolute atomic E-state index is 0.0602. The van der Waals surface area contributed by atoms with Crippen molar-refractivity contribution >= 4 is 21.9 Å². The Morgan fingerprint density at radius 1 is 0.892 bits per heavy atom. The van der Waals surface area contributed by atoms with Crippen LogP contribution in [0.1, 0.15) is 42.8 Å². The van der Waals surface area contributed by atoms with E-state index in [1.54, 1.807) is 9.25 Å². The third-order valence-electron chi connectivity index (χ3n) is 6.30. The van der Waals surface area contributed by atoms with E-state index in [1.807, 2.05) is 56.3 Å². The van der Waals surface area contributed by atoms with Crippen molar-refractivity contribution < 1.29 is 9.53 Å². The monoisotopic (exact) mass is 561 g/mol. The van der Waals surface area contributed by atoms with Crippen molar-refractivity contribution in [3.05, 3.63) is 110 Å². The molecule has 4 aromatic rings. The van der Waals surface area contributed by atoms with Crippen molar-refractivity contribution in [1.82, 2.24) is 14.3 Å². The Morgan fingerprint density at radius 3 is 2.32 bits per heavy atom. The molecule has 0 saturated carbocycles. The van der Waals surface area contributed by atoms with Crippen molar-refractivity contribution in [1.29, 1.82) is 0 Å². The summed E-state index contributed by atoms with van der Waals surface area (Å²) in [5.41, 5.74) is 5.37. The highest BCUT2D eigenvalue weighted by Crippen LogP contribution is 2.22. The molecule has 0 unspecified atom stereocenters. The molecule has 3 aromatic carbocycles. The molecule has 1 heterocycles. The van der Waals surface area contributed by atoms with E-state index in [0.29, 0.717) is 19.7 Å². The number of hydrogen-bond acceptors (Lipinski definition) is 4. The molecule has 1 aromatic heterocycles. The van der Waals surface area contributed by atoms with E-state index < -0.39 is 0 Å². The van der Waals surface area contributed by atoms with Crippen molar-refractivity contribution in [3.63, 3.8) is 0 Å². The van der Waals surface area contributed by atoms with Gasteiger partial charge in [0.2, 0.25) is 0 Å². The zero-order valence-electron chi connectivity index (χ0n) is 21.3. The molecule has 0 atom stereocenters. The lowest BCUT2D eigenvalue weighted by Crippen LogP contribution is -2.25. The average Bonchev–Trinajstić information content (AvgIpc) is 3.19. The van der Waals surface area contributed by atoms with Crippen LogP contribution in [0.25, 0.3) is 11.1 Å². The quantitative estimate of drug-likeness (QED) is 0.216. The van der Waals surface area contributed by atoms with E-state index in [9.17, 15) is 9.59 Å². The summed E-state index contributed by atoms with van der Waals surface area (Å²) in [5, 5.41) is 4.65. The molecule has 0 aliphatic rings. The molecule has 0 spiro atoms. The van der Waals surface area contributed by atoms with Crippen LogP contribution in [0.15, 0.2) is 82.1 Å². The van der Waals surface area contributed by atoms with E-state index in [-0.39, 0.29) is 18.1 Å². The molecule has 0 N–H and O–H groups in total. The Morgan fingerprint density at radius 2 is 1.62 bits per heavy atom. The highest BCUT2D eigenvalue weighted by atomic mass is 79.9. The van der Waals surface area contributed by atoms with Gasteiger partial charge in [0.1, 0.15) is 5.82 Å². The maximum absolute atomic E-state index is 12.8. The summed E-state index contributed by atoms with van der Waals surface area (Å²) in [4.78, 5) is 24.7. The molecule has 0 aliphatic carbocycles. The van der Waals surface area contributed by atoms with Crippen LogP contribution in [-0.2, 0) is 41.9 Å². The summed E-state index contributed by atoms with van der Waals surface area (Å²) in [6, 6.07) is 24.5. The van der Waals surface area contributed by atoms with Gasteiger partial charge in [0.25, 0.3) is 0 Å². The first-order valence-electron chi connectivity index (χ1n) is 12.7. The predicted molar refractivity (Wildman–Crippen MR) is 150 cm³/mol. The largest absolute Gasteiger partial charge is 0.466 e. The lowest BCUT2D eigenvalue weighted by Gasteiger charge is -2.07. The molecule has 6 nitrogen and oxygen atoms in total. The van der Waals surface area contributed by atoms with Gasteiger partial charge in [-0.25, -0.2) is 9.48 Å². The fraction of sp³-hybridized carbons (Fsp3) is 0.300. The highest BCUT2D eigenvalue weighted by Gasteiger charge is 2.12. The molecular weight excluding hydrogens is 530 g/mol. The molecule has 7 heteroatoms. The molecule has 0 amide bonds. The van der Waals surface area contributed by atoms with E-state index in [1.165, 1.54) is 5.56 Å². The predicted octanol–water partition coefficient (Wildman–Crippen LogP) is 5.82. The normalized spacial score (nSPS) is 11.0. The van der Waals surface area contributed by atoms with Crippen LogP contribution >= 0.6 is 15.9 Å². The maximum atomic E-state index is 12.8. The molecule has 0 radical (unpaired) electrons. The molecule has 0 fully saturated rings. The van der Waals surface area contributed by atoms with Gasteiger partial charge in [0.15, 0.2) is 0 Å². The Hall–Kier alpha value is -3.45. The Labute approximate surface area is 226 Å². The van der Waals surface area contributed by atoms with Crippen LogP contribution in [0.2, 0.25) is 0 Å². The first-order valence-corrected chi connectivity index (χ1v) is 13.5. The lowest BCUT2D eigenvalue weighted by molar-refractivity contribution is -0.142. The number of hydrogen-bond donors (Lipinski definition) is 0. The molecule has 0 aliphatic heterocycles. The van der Waals surface area contributed by atoms with Crippen molar-refractivity contribution in [2.45, 2.75) is 52.6 Å². The number of halogens is 1. The second-order valence-electron chi connectivity index (χ2n) is 8.96.